The molecule has 0 spiro atoms. The van der Waals surface area contributed by atoms with E-state index in [0.717, 1.165) is 16.0 Å². The van der Waals surface area contributed by atoms with Crippen molar-refractivity contribution < 1.29 is 10.2 Å². The van der Waals surface area contributed by atoms with Crippen LogP contribution in [0.15, 0.2) is 47.4 Å². The molecule has 0 atom stereocenters. The van der Waals surface area contributed by atoms with Crippen LogP contribution >= 0.6 is 11.8 Å². The van der Waals surface area contributed by atoms with Crippen molar-refractivity contribution in [1.82, 2.24) is 0 Å². The van der Waals surface area contributed by atoms with Crippen molar-refractivity contribution in [3.8, 4) is 11.5 Å². The van der Waals surface area contributed by atoms with Gasteiger partial charge in [-0.2, -0.15) is 0 Å². The van der Waals surface area contributed by atoms with Gasteiger partial charge in [0.05, 0.1) is 0 Å². The fourth-order valence-corrected chi connectivity index (χ4v) is 3.87. The first kappa shape index (κ1) is 16.0. The molecule has 23 heavy (non-hydrogen) atoms. The topological polar surface area (TPSA) is 40.5 Å². The molecule has 0 aliphatic carbocycles. The van der Waals surface area contributed by atoms with Crippen molar-refractivity contribution in [3.05, 3.63) is 42.5 Å². The molecule has 0 aliphatic rings. The van der Waals surface area contributed by atoms with Crippen LogP contribution in [0.5, 0.6) is 11.5 Å². The Morgan fingerprint density at radius 3 is 2.13 bits per heavy atom. The van der Waals surface area contributed by atoms with Crippen LogP contribution < -0.4 is 0 Å². The summed E-state index contributed by atoms with van der Waals surface area (Å²) < 4.78 is 0. The number of phenolic OH excluding ortho intramolecular Hbond substituents is 2. The molecule has 0 aliphatic heterocycles. The van der Waals surface area contributed by atoms with Gasteiger partial charge in [0, 0.05) is 26.4 Å². The van der Waals surface area contributed by atoms with Crippen LogP contribution in [0.4, 0.5) is 0 Å². The summed E-state index contributed by atoms with van der Waals surface area (Å²) in [4.78, 5) is 1.14. The Balaban J connectivity index is 1.93. The van der Waals surface area contributed by atoms with E-state index in [1.165, 1.54) is 25.7 Å². The van der Waals surface area contributed by atoms with Crippen molar-refractivity contribution in [2.75, 3.05) is 5.75 Å². The van der Waals surface area contributed by atoms with E-state index < -0.39 is 0 Å². The first-order chi connectivity index (χ1) is 11.2. The summed E-state index contributed by atoms with van der Waals surface area (Å²) in [6.45, 7) is 2.22. The molecule has 3 aromatic carbocycles. The Morgan fingerprint density at radius 1 is 0.783 bits per heavy atom. The maximum Gasteiger partial charge on any atom is 0.131 e. The number of benzene rings is 3. The third-order valence-electron chi connectivity index (χ3n) is 4.21. The average molecular weight is 326 g/mol. The average Bonchev–Trinajstić information content (AvgIpc) is 2.59. The van der Waals surface area contributed by atoms with Crippen LogP contribution in [0.2, 0.25) is 0 Å². The summed E-state index contributed by atoms with van der Waals surface area (Å²) in [5.41, 5.74) is 0. The van der Waals surface area contributed by atoms with Crippen LogP contribution in [0.25, 0.3) is 21.5 Å². The lowest BCUT2D eigenvalue weighted by atomic mass is 10.0. The SMILES string of the molecule is CCCCCCSc1ccc2c(O)c3ccccc3c(O)c2c1. The number of thioether (sulfide) groups is 1. The highest BCUT2D eigenvalue weighted by atomic mass is 32.2. The lowest BCUT2D eigenvalue weighted by molar-refractivity contribution is 0.478. The number of hydrogen-bond acceptors (Lipinski definition) is 3. The van der Waals surface area contributed by atoms with Crippen LogP contribution in [-0.4, -0.2) is 16.0 Å². The monoisotopic (exact) mass is 326 g/mol. The molecular formula is C20H22O2S. The second-order valence-electron chi connectivity index (χ2n) is 5.86. The van der Waals surface area contributed by atoms with E-state index in [-0.39, 0.29) is 11.5 Å². The quantitative estimate of drug-likeness (QED) is 0.250. The molecule has 0 unspecified atom stereocenters. The Hall–Kier alpha value is -1.87. The lowest BCUT2D eigenvalue weighted by Crippen LogP contribution is -1.84. The van der Waals surface area contributed by atoms with Crippen LogP contribution in [0, 0.1) is 0 Å². The number of rotatable bonds is 6. The van der Waals surface area contributed by atoms with E-state index in [1.54, 1.807) is 0 Å². The molecule has 0 saturated heterocycles. The highest BCUT2D eigenvalue weighted by Crippen LogP contribution is 2.42. The first-order valence-corrected chi connectivity index (χ1v) is 9.20. The third-order valence-corrected chi connectivity index (χ3v) is 5.29. The highest BCUT2D eigenvalue weighted by molar-refractivity contribution is 7.99. The number of unbranched alkanes of at least 4 members (excludes halogenated alkanes) is 3. The fraction of sp³-hybridized carbons (Fsp3) is 0.300. The minimum Gasteiger partial charge on any atom is -0.507 e. The maximum atomic E-state index is 10.6. The number of hydrogen-bond donors (Lipinski definition) is 2. The van der Waals surface area contributed by atoms with Gasteiger partial charge in [0.2, 0.25) is 0 Å². The van der Waals surface area contributed by atoms with E-state index in [4.69, 9.17) is 0 Å². The Kier molecular flexibility index (Phi) is 4.97. The molecule has 0 aromatic heterocycles. The van der Waals surface area contributed by atoms with Gasteiger partial charge in [-0.25, -0.2) is 0 Å². The Bertz CT molecular complexity index is 827. The molecule has 0 fully saturated rings. The molecule has 120 valence electrons. The summed E-state index contributed by atoms with van der Waals surface area (Å²) in [7, 11) is 0. The largest absolute Gasteiger partial charge is 0.507 e. The summed E-state index contributed by atoms with van der Waals surface area (Å²) in [6, 6.07) is 13.3. The molecule has 0 heterocycles. The van der Waals surface area contributed by atoms with Gasteiger partial charge >= 0.3 is 0 Å². The minimum absolute atomic E-state index is 0.243. The zero-order valence-corrected chi connectivity index (χ0v) is 14.2. The van der Waals surface area contributed by atoms with Crippen molar-refractivity contribution in [2.45, 2.75) is 37.5 Å². The maximum absolute atomic E-state index is 10.6. The molecule has 0 amide bonds. The van der Waals surface area contributed by atoms with Gasteiger partial charge < -0.3 is 10.2 Å². The molecule has 3 heteroatoms. The van der Waals surface area contributed by atoms with Gasteiger partial charge in [0.1, 0.15) is 11.5 Å². The first-order valence-electron chi connectivity index (χ1n) is 8.21. The van der Waals surface area contributed by atoms with E-state index in [1.807, 2.05) is 54.2 Å². The smallest absolute Gasteiger partial charge is 0.131 e. The van der Waals surface area contributed by atoms with Gasteiger partial charge in [-0.1, -0.05) is 50.5 Å². The van der Waals surface area contributed by atoms with E-state index in [0.29, 0.717) is 16.2 Å². The predicted octanol–water partition coefficient (Wildman–Crippen LogP) is 6.08. The fourth-order valence-electron chi connectivity index (χ4n) is 2.92. The number of fused-ring (bicyclic) bond motifs is 2. The molecule has 2 nitrogen and oxygen atoms in total. The Labute approximate surface area is 141 Å². The molecule has 0 radical (unpaired) electrons. The standard InChI is InChI=1S/C20H22O2S/c1-2-3-4-7-12-23-14-10-11-17-18(13-14)20(22)16-9-6-5-8-15(16)19(17)21/h5-6,8-11,13,21-22H,2-4,7,12H2,1H3. The van der Waals surface area contributed by atoms with Crippen LogP contribution in [-0.2, 0) is 0 Å². The van der Waals surface area contributed by atoms with Crippen molar-refractivity contribution >= 4 is 33.3 Å². The van der Waals surface area contributed by atoms with Gasteiger partial charge in [-0.15, -0.1) is 11.8 Å². The van der Waals surface area contributed by atoms with Gasteiger partial charge in [0.25, 0.3) is 0 Å². The van der Waals surface area contributed by atoms with Gasteiger partial charge in [0.15, 0.2) is 0 Å². The van der Waals surface area contributed by atoms with Gasteiger partial charge in [-0.3, -0.25) is 0 Å². The third kappa shape index (κ3) is 3.25. The van der Waals surface area contributed by atoms with Crippen LogP contribution in [0.3, 0.4) is 0 Å². The molecule has 0 bridgehead atoms. The number of aromatic hydroxyl groups is 2. The number of phenols is 2. The molecular weight excluding hydrogens is 304 g/mol. The summed E-state index contributed by atoms with van der Waals surface area (Å²) in [6.07, 6.45) is 5.03. The summed E-state index contributed by atoms with van der Waals surface area (Å²) >= 11 is 1.81. The zero-order valence-electron chi connectivity index (χ0n) is 13.4. The van der Waals surface area contributed by atoms with E-state index in [9.17, 15) is 10.2 Å². The highest BCUT2D eigenvalue weighted by Gasteiger charge is 2.12. The molecule has 2 N–H and O–H groups in total. The van der Waals surface area contributed by atoms with Crippen molar-refractivity contribution in [3.63, 3.8) is 0 Å². The lowest BCUT2D eigenvalue weighted by Gasteiger charge is -2.11. The normalized spacial score (nSPS) is 11.3. The van der Waals surface area contributed by atoms with Crippen molar-refractivity contribution in [2.24, 2.45) is 0 Å². The molecule has 3 aromatic rings. The van der Waals surface area contributed by atoms with E-state index in [2.05, 4.69) is 6.92 Å². The van der Waals surface area contributed by atoms with Gasteiger partial charge in [-0.05, 0) is 30.4 Å². The zero-order chi connectivity index (χ0) is 16.2. The van der Waals surface area contributed by atoms with E-state index >= 15 is 0 Å². The summed E-state index contributed by atoms with van der Waals surface area (Å²) in [5, 5.41) is 23.9. The molecule has 3 rings (SSSR count). The Morgan fingerprint density at radius 2 is 1.43 bits per heavy atom. The minimum atomic E-state index is 0.243. The second kappa shape index (κ2) is 7.14. The van der Waals surface area contributed by atoms with Crippen LogP contribution in [0.1, 0.15) is 32.6 Å². The molecule has 0 saturated carbocycles. The summed E-state index contributed by atoms with van der Waals surface area (Å²) in [5.74, 6) is 1.58. The second-order valence-corrected chi connectivity index (χ2v) is 7.03. The predicted molar refractivity (Wildman–Crippen MR) is 99.6 cm³/mol. The van der Waals surface area contributed by atoms with Crippen molar-refractivity contribution in [1.29, 1.82) is 0 Å².